The lowest BCUT2D eigenvalue weighted by molar-refractivity contribution is -0.129. The average Bonchev–Trinajstić information content (AvgIpc) is 2.31. The van der Waals surface area contributed by atoms with Gasteiger partial charge in [0.1, 0.15) is 5.75 Å². The van der Waals surface area contributed by atoms with E-state index in [0.29, 0.717) is 23.9 Å². The smallest absolute Gasteiger partial charge is 0.236 e. The van der Waals surface area contributed by atoms with Crippen LogP contribution in [0, 0.1) is 0 Å². The van der Waals surface area contributed by atoms with Crippen LogP contribution in [0.25, 0.3) is 0 Å². The topological polar surface area (TPSA) is 41.6 Å². The second-order valence-electron chi connectivity index (χ2n) is 3.74. The van der Waals surface area contributed by atoms with Crippen molar-refractivity contribution in [2.75, 3.05) is 27.7 Å². The van der Waals surface area contributed by atoms with Crippen molar-refractivity contribution in [2.45, 2.75) is 6.54 Å². The van der Waals surface area contributed by atoms with E-state index < -0.39 is 0 Å². The van der Waals surface area contributed by atoms with Crippen LogP contribution in [0.2, 0.25) is 5.02 Å². The summed E-state index contributed by atoms with van der Waals surface area (Å²) in [6.45, 7) is 0.813. The number of likely N-dealkylation sites (N-methyl/N-ethyl adjacent to an activating group) is 2. The molecule has 1 amide bonds. The first-order chi connectivity index (χ1) is 8.08. The Kier molecular flexibility index (Phi) is 5.25. The van der Waals surface area contributed by atoms with Crippen LogP contribution in [-0.2, 0) is 11.3 Å². The standard InChI is InChI=1S/C12H17ClN2O2/c1-14-7-12(16)15(2)8-9-4-5-10(17-3)6-11(9)13/h4-6,14H,7-8H2,1-3H3. The van der Waals surface area contributed by atoms with E-state index in [1.54, 1.807) is 32.2 Å². The number of ether oxygens (including phenoxy) is 1. The van der Waals surface area contributed by atoms with E-state index in [9.17, 15) is 4.79 Å². The molecule has 0 spiro atoms. The van der Waals surface area contributed by atoms with E-state index in [4.69, 9.17) is 16.3 Å². The molecule has 0 aliphatic rings. The normalized spacial score (nSPS) is 10.1. The number of methoxy groups -OCH3 is 1. The zero-order chi connectivity index (χ0) is 12.8. The van der Waals surface area contributed by atoms with Crippen LogP contribution in [0.4, 0.5) is 0 Å². The van der Waals surface area contributed by atoms with Crippen LogP contribution in [-0.4, -0.2) is 38.6 Å². The van der Waals surface area contributed by atoms with Crippen molar-refractivity contribution in [1.29, 1.82) is 0 Å². The van der Waals surface area contributed by atoms with Crippen LogP contribution in [0.15, 0.2) is 18.2 Å². The van der Waals surface area contributed by atoms with E-state index in [2.05, 4.69) is 5.32 Å². The van der Waals surface area contributed by atoms with E-state index in [1.165, 1.54) is 0 Å². The maximum absolute atomic E-state index is 11.6. The van der Waals surface area contributed by atoms with Crippen molar-refractivity contribution in [3.63, 3.8) is 0 Å². The summed E-state index contributed by atoms with van der Waals surface area (Å²) in [4.78, 5) is 13.2. The second-order valence-corrected chi connectivity index (χ2v) is 4.14. The van der Waals surface area contributed by atoms with Crippen molar-refractivity contribution in [2.24, 2.45) is 0 Å². The largest absolute Gasteiger partial charge is 0.497 e. The zero-order valence-electron chi connectivity index (χ0n) is 10.3. The van der Waals surface area contributed by atoms with Gasteiger partial charge in [0, 0.05) is 18.6 Å². The van der Waals surface area contributed by atoms with Gasteiger partial charge in [0.05, 0.1) is 13.7 Å². The Labute approximate surface area is 107 Å². The average molecular weight is 257 g/mol. The minimum atomic E-state index is 0.0272. The van der Waals surface area contributed by atoms with Crippen LogP contribution in [0.1, 0.15) is 5.56 Å². The molecule has 0 fully saturated rings. The van der Waals surface area contributed by atoms with Crippen LogP contribution in [0.5, 0.6) is 5.75 Å². The molecular weight excluding hydrogens is 240 g/mol. The Morgan fingerprint density at radius 1 is 1.53 bits per heavy atom. The monoisotopic (exact) mass is 256 g/mol. The lowest BCUT2D eigenvalue weighted by Crippen LogP contribution is -2.33. The number of hydrogen-bond acceptors (Lipinski definition) is 3. The van der Waals surface area contributed by atoms with E-state index in [1.807, 2.05) is 12.1 Å². The fourth-order valence-electron chi connectivity index (χ4n) is 1.41. The number of amides is 1. The third-order valence-electron chi connectivity index (χ3n) is 2.42. The molecule has 0 aliphatic heterocycles. The van der Waals surface area contributed by atoms with Gasteiger partial charge in [-0.2, -0.15) is 0 Å². The van der Waals surface area contributed by atoms with Gasteiger partial charge in [0.15, 0.2) is 0 Å². The fraction of sp³-hybridized carbons (Fsp3) is 0.417. The van der Waals surface area contributed by atoms with Crippen molar-refractivity contribution in [1.82, 2.24) is 10.2 Å². The number of benzene rings is 1. The zero-order valence-corrected chi connectivity index (χ0v) is 11.0. The molecule has 1 aromatic carbocycles. The van der Waals surface area contributed by atoms with Gasteiger partial charge in [-0.25, -0.2) is 0 Å². The fourth-order valence-corrected chi connectivity index (χ4v) is 1.64. The Morgan fingerprint density at radius 2 is 2.24 bits per heavy atom. The van der Waals surface area contributed by atoms with Gasteiger partial charge >= 0.3 is 0 Å². The molecule has 4 nitrogen and oxygen atoms in total. The quantitative estimate of drug-likeness (QED) is 0.869. The molecule has 1 rings (SSSR count). The van der Waals surface area contributed by atoms with Crippen molar-refractivity contribution in [3.8, 4) is 5.75 Å². The lowest BCUT2D eigenvalue weighted by Gasteiger charge is -2.18. The maximum atomic E-state index is 11.6. The molecule has 0 heterocycles. The number of carbonyl (C=O) groups excluding carboxylic acids is 1. The van der Waals surface area contributed by atoms with Crippen LogP contribution in [0.3, 0.4) is 0 Å². The number of hydrogen-bond donors (Lipinski definition) is 1. The minimum Gasteiger partial charge on any atom is -0.497 e. The summed E-state index contributed by atoms with van der Waals surface area (Å²) < 4.78 is 5.07. The number of nitrogens with one attached hydrogen (secondary N) is 1. The van der Waals surface area contributed by atoms with Gasteiger partial charge in [-0.3, -0.25) is 4.79 Å². The van der Waals surface area contributed by atoms with Crippen molar-refractivity contribution in [3.05, 3.63) is 28.8 Å². The summed E-state index contributed by atoms with van der Waals surface area (Å²) in [6.07, 6.45) is 0. The first kappa shape index (κ1) is 13.8. The molecule has 0 bridgehead atoms. The maximum Gasteiger partial charge on any atom is 0.236 e. The van der Waals surface area contributed by atoms with E-state index in [0.717, 1.165) is 5.56 Å². The SMILES string of the molecule is CNCC(=O)N(C)Cc1ccc(OC)cc1Cl. The molecule has 0 atom stereocenters. The highest BCUT2D eigenvalue weighted by atomic mass is 35.5. The summed E-state index contributed by atoms with van der Waals surface area (Å²) in [5, 5.41) is 3.43. The number of rotatable bonds is 5. The molecule has 0 radical (unpaired) electrons. The third-order valence-corrected chi connectivity index (χ3v) is 2.77. The molecule has 5 heteroatoms. The molecule has 0 saturated heterocycles. The highest BCUT2D eigenvalue weighted by molar-refractivity contribution is 6.31. The molecule has 0 unspecified atom stereocenters. The number of halogens is 1. The second kappa shape index (κ2) is 6.47. The molecule has 1 N–H and O–H groups in total. The Morgan fingerprint density at radius 3 is 2.76 bits per heavy atom. The molecule has 0 aromatic heterocycles. The molecule has 0 saturated carbocycles. The van der Waals surface area contributed by atoms with Crippen LogP contribution >= 0.6 is 11.6 Å². The minimum absolute atomic E-state index is 0.0272. The Bertz CT molecular complexity index is 396. The predicted molar refractivity (Wildman–Crippen MR) is 68.4 cm³/mol. The van der Waals surface area contributed by atoms with E-state index >= 15 is 0 Å². The van der Waals surface area contributed by atoms with Gasteiger partial charge in [0.2, 0.25) is 5.91 Å². The summed E-state index contributed by atoms with van der Waals surface area (Å²) >= 11 is 6.10. The molecule has 94 valence electrons. The van der Waals surface area contributed by atoms with Crippen molar-refractivity contribution >= 4 is 17.5 Å². The Hall–Kier alpha value is -1.26. The first-order valence-electron chi connectivity index (χ1n) is 5.29. The summed E-state index contributed by atoms with van der Waals surface area (Å²) in [5.41, 5.74) is 0.902. The van der Waals surface area contributed by atoms with Gasteiger partial charge in [0.25, 0.3) is 0 Å². The van der Waals surface area contributed by atoms with Crippen molar-refractivity contribution < 1.29 is 9.53 Å². The third kappa shape index (κ3) is 3.91. The molecule has 1 aromatic rings. The van der Waals surface area contributed by atoms with Gasteiger partial charge in [-0.1, -0.05) is 17.7 Å². The first-order valence-corrected chi connectivity index (χ1v) is 5.67. The lowest BCUT2D eigenvalue weighted by atomic mass is 10.2. The molecule has 0 aliphatic carbocycles. The number of nitrogens with zero attached hydrogens (tertiary/aromatic N) is 1. The predicted octanol–water partition coefficient (Wildman–Crippen LogP) is 1.53. The van der Waals surface area contributed by atoms with Gasteiger partial charge in [-0.15, -0.1) is 0 Å². The molecular formula is C12H17ClN2O2. The highest BCUT2D eigenvalue weighted by Crippen LogP contribution is 2.23. The summed E-state index contributed by atoms with van der Waals surface area (Å²) in [7, 11) is 5.08. The van der Waals surface area contributed by atoms with Gasteiger partial charge < -0.3 is 15.0 Å². The molecule has 17 heavy (non-hydrogen) atoms. The van der Waals surface area contributed by atoms with Gasteiger partial charge in [-0.05, 0) is 24.7 Å². The highest BCUT2D eigenvalue weighted by Gasteiger charge is 2.10. The summed E-state index contributed by atoms with van der Waals surface area (Å²) in [6, 6.07) is 5.44. The number of carbonyl (C=O) groups is 1. The Balaban J connectivity index is 2.71. The van der Waals surface area contributed by atoms with Crippen LogP contribution < -0.4 is 10.1 Å². The summed E-state index contributed by atoms with van der Waals surface area (Å²) in [5.74, 6) is 0.738. The van der Waals surface area contributed by atoms with E-state index in [-0.39, 0.29) is 5.91 Å².